The van der Waals surface area contributed by atoms with Gasteiger partial charge in [0.05, 0.1) is 24.4 Å². The maximum absolute atomic E-state index is 12.5. The first kappa shape index (κ1) is 32.4. The van der Waals surface area contributed by atoms with Crippen LogP contribution in [0.1, 0.15) is 87.6 Å². The minimum Gasteiger partial charge on any atom is -0.490 e. The lowest BCUT2D eigenvalue weighted by Gasteiger charge is -2.31. The Bertz CT molecular complexity index is 1550. The van der Waals surface area contributed by atoms with Gasteiger partial charge in [-0.05, 0) is 88.7 Å². The fourth-order valence-corrected chi connectivity index (χ4v) is 7.46. The third-order valence-electron chi connectivity index (χ3n) is 9.77. The van der Waals surface area contributed by atoms with Gasteiger partial charge < -0.3 is 28.8 Å². The first-order valence-electron chi connectivity index (χ1n) is 17.0. The van der Waals surface area contributed by atoms with Crippen molar-refractivity contribution in [3.05, 3.63) is 53.6 Å². The second kappa shape index (κ2) is 13.7. The van der Waals surface area contributed by atoms with E-state index in [1.807, 2.05) is 45.0 Å². The molecule has 1 amide bonds. The lowest BCUT2D eigenvalue weighted by molar-refractivity contribution is -0.0153. The molecule has 9 heteroatoms. The summed E-state index contributed by atoms with van der Waals surface area (Å²) in [4.78, 5) is 28.6. The van der Waals surface area contributed by atoms with E-state index in [9.17, 15) is 14.7 Å². The number of carboxylic acids is 1. The van der Waals surface area contributed by atoms with Gasteiger partial charge in [0.15, 0.2) is 0 Å². The zero-order valence-electron chi connectivity index (χ0n) is 27.8. The van der Waals surface area contributed by atoms with Gasteiger partial charge in [0.25, 0.3) is 0 Å². The summed E-state index contributed by atoms with van der Waals surface area (Å²) in [6, 6.07) is 14.1. The summed E-state index contributed by atoms with van der Waals surface area (Å²) in [6.45, 7) is 9.50. The third-order valence-corrected chi connectivity index (χ3v) is 9.77. The van der Waals surface area contributed by atoms with Gasteiger partial charge in [0.1, 0.15) is 24.1 Å². The average molecular weight is 632 g/mol. The number of para-hydroxylation sites is 1. The number of amides is 1. The molecule has 248 valence electrons. The van der Waals surface area contributed by atoms with Crippen LogP contribution >= 0.6 is 0 Å². The molecular formula is C37H49N3O6. The van der Waals surface area contributed by atoms with Gasteiger partial charge >= 0.3 is 12.1 Å². The molecule has 0 bridgehead atoms. The van der Waals surface area contributed by atoms with Crippen molar-refractivity contribution >= 4 is 23.0 Å². The van der Waals surface area contributed by atoms with Gasteiger partial charge in [-0.1, -0.05) is 37.5 Å². The smallest absolute Gasteiger partial charge is 0.410 e. The molecule has 1 aliphatic carbocycles. The van der Waals surface area contributed by atoms with Crippen LogP contribution in [-0.2, 0) is 16.0 Å². The lowest BCUT2D eigenvalue weighted by Crippen LogP contribution is -2.42. The number of carbonyl (C=O) groups is 2. The number of rotatable bonds is 8. The molecule has 3 aliphatic rings. The highest BCUT2D eigenvalue weighted by molar-refractivity contribution is 5.98. The van der Waals surface area contributed by atoms with E-state index in [1.165, 1.54) is 24.8 Å². The molecule has 2 atom stereocenters. The Balaban J connectivity index is 1.26. The van der Waals surface area contributed by atoms with Gasteiger partial charge in [-0.3, -0.25) is 4.90 Å². The number of aromatic carboxylic acids is 1. The monoisotopic (exact) mass is 631 g/mol. The standard InChI is InChI=1S/C37H49N3O6/c1-37(2,3)46-36(43)38(4)19-20-39-18-10-13-27(39)23-44-28-22-40-31-21-26(35(41)42)16-17-29(31)33(25-11-6-5-7-12-25)34(40)30-14-8-9-15-32(30)45-24-28/h8-9,14-17,21,25,27-28H,5-7,10-13,18-20,22-24H2,1-4H3,(H,41,42)/t27?,28-/m0/s1. The minimum absolute atomic E-state index is 0.220. The summed E-state index contributed by atoms with van der Waals surface area (Å²) in [5, 5.41) is 11.1. The second-order valence-corrected chi connectivity index (χ2v) is 14.2. The fraction of sp³-hybridized carbons (Fsp3) is 0.568. The van der Waals surface area contributed by atoms with Crippen LogP contribution < -0.4 is 4.74 Å². The molecule has 46 heavy (non-hydrogen) atoms. The third kappa shape index (κ3) is 7.05. The van der Waals surface area contributed by atoms with Gasteiger partial charge in [0, 0.05) is 42.6 Å². The quantitative estimate of drug-likeness (QED) is 0.282. The van der Waals surface area contributed by atoms with E-state index >= 15 is 0 Å². The normalized spacial score (nSPS) is 20.8. The molecule has 1 saturated carbocycles. The predicted molar refractivity (Wildman–Crippen MR) is 179 cm³/mol. The molecule has 1 unspecified atom stereocenters. The topological polar surface area (TPSA) is 93.5 Å². The van der Waals surface area contributed by atoms with Gasteiger partial charge in [-0.15, -0.1) is 0 Å². The first-order valence-corrected chi connectivity index (χ1v) is 17.0. The zero-order valence-corrected chi connectivity index (χ0v) is 27.8. The number of hydrogen-bond acceptors (Lipinski definition) is 6. The zero-order chi connectivity index (χ0) is 32.4. The largest absolute Gasteiger partial charge is 0.490 e. The first-order chi connectivity index (χ1) is 22.1. The minimum atomic E-state index is -0.919. The van der Waals surface area contributed by atoms with Crippen molar-refractivity contribution in [2.24, 2.45) is 0 Å². The Morgan fingerprint density at radius 1 is 1.04 bits per heavy atom. The maximum Gasteiger partial charge on any atom is 0.410 e. The summed E-state index contributed by atoms with van der Waals surface area (Å²) in [5.41, 5.74) is 4.25. The summed E-state index contributed by atoms with van der Waals surface area (Å²) in [7, 11) is 1.79. The molecule has 3 aromatic rings. The van der Waals surface area contributed by atoms with Crippen molar-refractivity contribution in [1.29, 1.82) is 0 Å². The van der Waals surface area contributed by atoms with Crippen molar-refractivity contribution in [2.45, 2.75) is 95.9 Å². The maximum atomic E-state index is 12.5. The highest BCUT2D eigenvalue weighted by Crippen LogP contribution is 2.47. The fourth-order valence-electron chi connectivity index (χ4n) is 7.46. The number of hydrogen-bond donors (Lipinski definition) is 1. The van der Waals surface area contributed by atoms with Crippen LogP contribution in [0.4, 0.5) is 4.79 Å². The SMILES string of the molecule is CN(CCN1CCCC1CO[C@@H]1COc2ccccc2-c2c(C3CCCCC3)c3ccc(C(=O)O)cc3n2C1)C(=O)OC(C)(C)C. The number of likely N-dealkylation sites (N-methyl/N-ethyl adjacent to an activating group) is 1. The molecule has 1 aromatic heterocycles. The van der Waals surface area contributed by atoms with Crippen molar-refractivity contribution in [1.82, 2.24) is 14.4 Å². The van der Waals surface area contributed by atoms with Gasteiger partial charge in [-0.2, -0.15) is 0 Å². The van der Waals surface area contributed by atoms with Crippen LogP contribution in [0.25, 0.3) is 22.2 Å². The summed E-state index contributed by atoms with van der Waals surface area (Å²) in [6.07, 6.45) is 7.55. The number of carboxylic acid groups (broad SMARTS) is 1. The number of benzene rings is 2. The summed E-state index contributed by atoms with van der Waals surface area (Å²) < 4.78 is 21.0. The number of fused-ring (bicyclic) bond motifs is 5. The summed E-state index contributed by atoms with van der Waals surface area (Å²) in [5.74, 6) is 0.335. The molecular weight excluding hydrogens is 582 g/mol. The van der Waals surface area contributed by atoms with Crippen molar-refractivity contribution in [3.63, 3.8) is 0 Å². The highest BCUT2D eigenvalue weighted by Gasteiger charge is 2.32. The Morgan fingerprint density at radius 2 is 1.83 bits per heavy atom. The molecule has 0 spiro atoms. The Kier molecular flexibility index (Phi) is 9.62. The van der Waals surface area contributed by atoms with Gasteiger partial charge in [-0.25, -0.2) is 9.59 Å². The van der Waals surface area contributed by atoms with E-state index in [0.717, 1.165) is 66.7 Å². The summed E-state index contributed by atoms with van der Waals surface area (Å²) >= 11 is 0. The Hall–Kier alpha value is -3.56. The average Bonchev–Trinajstić information content (AvgIpc) is 3.61. The predicted octanol–water partition coefficient (Wildman–Crippen LogP) is 7.16. The van der Waals surface area contributed by atoms with Crippen LogP contribution in [0, 0.1) is 0 Å². The van der Waals surface area contributed by atoms with Crippen molar-refractivity contribution in [2.75, 3.05) is 39.9 Å². The van der Waals surface area contributed by atoms with Crippen LogP contribution in [0.2, 0.25) is 0 Å². The number of likely N-dealkylation sites (tertiary alicyclic amines) is 1. The van der Waals surface area contributed by atoms with E-state index in [4.69, 9.17) is 14.2 Å². The molecule has 2 aliphatic heterocycles. The van der Waals surface area contributed by atoms with E-state index in [2.05, 4.69) is 21.6 Å². The van der Waals surface area contributed by atoms with Crippen LogP contribution in [0.15, 0.2) is 42.5 Å². The van der Waals surface area contributed by atoms with Crippen LogP contribution in [0.5, 0.6) is 5.75 Å². The Labute approximate surface area is 272 Å². The van der Waals surface area contributed by atoms with E-state index in [0.29, 0.717) is 37.8 Å². The van der Waals surface area contributed by atoms with E-state index in [1.54, 1.807) is 18.0 Å². The molecule has 9 nitrogen and oxygen atoms in total. The van der Waals surface area contributed by atoms with E-state index < -0.39 is 11.6 Å². The molecule has 2 aromatic carbocycles. The molecule has 1 saturated heterocycles. The second-order valence-electron chi connectivity index (χ2n) is 14.2. The van der Waals surface area contributed by atoms with Gasteiger partial charge in [0.2, 0.25) is 0 Å². The highest BCUT2D eigenvalue weighted by atomic mass is 16.6. The van der Waals surface area contributed by atoms with Crippen molar-refractivity contribution < 1.29 is 28.9 Å². The van der Waals surface area contributed by atoms with Crippen molar-refractivity contribution in [3.8, 4) is 17.0 Å². The molecule has 6 rings (SSSR count). The molecule has 0 radical (unpaired) electrons. The molecule has 3 heterocycles. The van der Waals surface area contributed by atoms with Crippen LogP contribution in [-0.4, -0.2) is 89.2 Å². The lowest BCUT2D eigenvalue weighted by atomic mass is 9.81. The number of aromatic nitrogens is 1. The van der Waals surface area contributed by atoms with Crippen LogP contribution in [0.3, 0.4) is 0 Å². The Morgan fingerprint density at radius 3 is 2.59 bits per heavy atom. The number of nitrogens with zero attached hydrogens (tertiary/aromatic N) is 3. The number of carbonyl (C=O) groups excluding carboxylic acids is 1. The molecule has 1 N–H and O–H groups in total. The number of ether oxygens (including phenoxy) is 3. The molecule has 2 fully saturated rings. The van der Waals surface area contributed by atoms with E-state index in [-0.39, 0.29) is 18.2 Å².